The van der Waals surface area contributed by atoms with E-state index in [4.69, 9.17) is 4.74 Å². The van der Waals surface area contributed by atoms with E-state index in [1.165, 1.54) is 18.6 Å². The molecule has 1 unspecified atom stereocenters. The van der Waals surface area contributed by atoms with E-state index in [1.807, 2.05) is 10.8 Å². The first-order valence-electron chi connectivity index (χ1n) is 5.36. The van der Waals surface area contributed by atoms with Gasteiger partial charge in [0.2, 0.25) is 0 Å². The highest BCUT2D eigenvalue weighted by atomic mass is 33.1. The van der Waals surface area contributed by atoms with Crippen molar-refractivity contribution in [2.24, 2.45) is 5.41 Å². The van der Waals surface area contributed by atoms with Crippen LogP contribution < -0.4 is 0 Å². The maximum atomic E-state index is 5.57. The SMILES string of the molecule is CCSSC1(CC(C)(C)C)CCOC1. The third-order valence-corrected chi connectivity index (χ3v) is 5.57. The lowest BCUT2D eigenvalue weighted by molar-refractivity contribution is 0.181. The Morgan fingerprint density at radius 1 is 1.36 bits per heavy atom. The molecule has 0 amide bonds. The molecule has 0 saturated carbocycles. The van der Waals surface area contributed by atoms with Crippen LogP contribution in [0.2, 0.25) is 0 Å². The summed E-state index contributed by atoms with van der Waals surface area (Å²) < 4.78 is 5.96. The Bertz CT molecular complexity index is 169. The van der Waals surface area contributed by atoms with Gasteiger partial charge in [0.05, 0.1) is 11.4 Å². The summed E-state index contributed by atoms with van der Waals surface area (Å²) in [6.07, 6.45) is 2.49. The zero-order valence-corrected chi connectivity index (χ0v) is 11.4. The molecule has 1 rings (SSSR count). The van der Waals surface area contributed by atoms with Crippen LogP contribution in [0.15, 0.2) is 0 Å². The van der Waals surface area contributed by atoms with Crippen molar-refractivity contribution >= 4 is 21.6 Å². The van der Waals surface area contributed by atoms with Gasteiger partial charge in [-0.15, -0.1) is 0 Å². The van der Waals surface area contributed by atoms with E-state index >= 15 is 0 Å². The Hall–Kier alpha value is 0.660. The summed E-state index contributed by atoms with van der Waals surface area (Å²) >= 11 is 0. The Balaban J connectivity index is 2.53. The van der Waals surface area contributed by atoms with Crippen LogP contribution in [0.25, 0.3) is 0 Å². The smallest absolute Gasteiger partial charge is 0.0622 e. The first-order chi connectivity index (χ1) is 6.47. The quantitative estimate of drug-likeness (QED) is 0.681. The van der Waals surface area contributed by atoms with Gasteiger partial charge in [-0.25, -0.2) is 0 Å². The van der Waals surface area contributed by atoms with Gasteiger partial charge in [-0.3, -0.25) is 0 Å². The molecule has 0 aliphatic carbocycles. The van der Waals surface area contributed by atoms with Crippen LogP contribution in [0.4, 0.5) is 0 Å². The van der Waals surface area contributed by atoms with Crippen LogP contribution in [0.3, 0.4) is 0 Å². The average molecular weight is 234 g/mol. The molecule has 1 heterocycles. The monoisotopic (exact) mass is 234 g/mol. The van der Waals surface area contributed by atoms with Crippen molar-refractivity contribution in [3.63, 3.8) is 0 Å². The molecule has 1 saturated heterocycles. The van der Waals surface area contributed by atoms with E-state index in [-0.39, 0.29) is 0 Å². The first-order valence-corrected chi connectivity index (χ1v) is 7.68. The summed E-state index contributed by atoms with van der Waals surface area (Å²) in [5, 5.41) is 0. The predicted molar refractivity (Wildman–Crippen MR) is 68.0 cm³/mol. The second-order valence-electron chi connectivity index (χ2n) is 5.21. The van der Waals surface area contributed by atoms with Gasteiger partial charge in [-0.1, -0.05) is 49.3 Å². The van der Waals surface area contributed by atoms with E-state index in [0.29, 0.717) is 10.2 Å². The molecule has 1 atom stereocenters. The van der Waals surface area contributed by atoms with Crippen molar-refractivity contribution in [2.45, 2.75) is 45.3 Å². The lowest BCUT2D eigenvalue weighted by Gasteiger charge is -2.33. The molecule has 1 aliphatic heterocycles. The molecule has 14 heavy (non-hydrogen) atoms. The zero-order chi connectivity index (χ0) is 10.7. The van der Waals surface area contributed by atoms with Crippen LogP contribution >= 0.6 is 21.6 Å². The average Bonchev–Trinajstić information content (AvgIpc) is 2.47. The lowest BCUT2D eigenvalue weighted by atomic mass is 9.84. The molecule has 1 nitrogen and oxygen atoms in total. The summed E-state index contributed by atoms with van der Waals surface area (Å²) in [6.45, 7) is 11.1. The van der Waals surface area contributed by atoms with Gasteiger partial charge >= 0.3 is 0 Å². The minimum atomic E-state index is 0.388. The molecule has 84 valence electrons. The third-order valence-electron chi connectivity index (χ3n) is 2.27. The molecule has 0 spiro atoms. The number of rotatable bonds is 4. The maximum absolute atomic E-state index is 5.57. The van der Waals surface area contributed by atoms with Crippen molar-refractivity contribution in [1.82, 2.24) is 0 Å². The highest BCUT2D eigenvalue weighted by Crippen LogP contribution is 2.47. The molecular formula is C11H22OS2. The Morgan fingerprint density at radius 3 is 2.50 bits per heavy atom. The summed E-state index contributed by atoms with van der Waals surface area (Å²) in [5.74, 6) is 1.19. The molecular weight excluding hydrogens is 212 g/mol. The minimum absolute atomic E-state index is 0.388. The Kier molecular flexibility index (Phi) is 4.66. The van der Waals surface area contributed by atoms with Gasteiger partial charge in [0.25, 0.3) is 0 Å². The Morgan fingerprint density at radius 2 is 2.07 bits per heavy atom. The molecule has 0 bridgehead atoms. The fraction of sp³-hybridized carbons (Fsp3) is 1.00. The standard InChI is InChI=1S/C11H22OS2/c1-5-13-14-11(6-7-12-9-11)8-10(2,3)4/h5-9H2,1-4H3. The fourth-order valence-electron chi connectivity index (χ4n) is 1.97. The molecule has 0 N–H and O–H groups in total. The summed E-state index contributed by atoms with van der Waals surface area (Å²) in [5.41, 5.74) is 0.412. The topological polar surface area (TPSA) is 9.23 Å². The molecule has 0 aromatic carbocycles. The van der Waals surface area contributed by atoms with Crippen LogP contribution in [-0.2, 0) is 4.74 Å². The van der Waals surface area contributed by atoms with Gasteiger partial charge in [0.1, 0.15) is 0 Å². The van der Waals surface area contributed by atoms with Crippen molar-refractivity contribution in [3.8, 4) is 0 Å². The normalized spacial score (nSPS) is 28.3. The van der Waals surface area contributed by atoms with Crippen molar-refractivity contribution in [3.05, 3.63) is 0 Å². The van der Waals surface area contributed by atoms with Gasteiger partial charge in [0, 0.05) is 12.4 Å². The maximum Gasteiger partial charge on any atom is 0.0622 e. The highest BCUT2D eigenvalue weighted by molar-refractivity contribution is 8.77. The first kappa shape index (κ1) is 12.7. The van der Waals surface area contributed by atoms with E-state index in [0.717, 1.165) is 13.2 Å². The van der Waals surface area contributed by atoms with E-state index in [1.54, 1.807) is 0 Å². The molecule has 3 heteroatoms. The molecule has 0 aromatic rings. The van der Waals surface area contributed by atoms with E-state index in [2.05, 4.69) is 38.5 Å². The van der Waals surface area contributed by atoms with E-state index in [9.17, 15) is 0 Å². The number of hydrogen-bond donors (Lipinski definition) is 0. The second-order valence-corrected chi connectivity index (χ2v) is 8.27. The van der Waals surface area contributed by atoms with Gasteiger partial charge in [-0.05, 0) is 18.3 Å². The zero-order valence-electron chi connectivity index (χ0n) is 9.76. The summed E-state index contributed by atoms with van der Waals surface area (Å²) in [6, 6.07) is 0. The van der Waals surface area contributed by atoms with Crippen molar-refractivity contribution in [1.29, 1.82) is 0 Å². The van der Waals surface area contributed by atoms with Crippen LogP contribution in [-0.4, -0.2) is 23.7 Å². The largest absolute Gasteiger partial charge is 0.380 e. The van der Waals surface area contributed by atoms with Gasteiger partial charge in [0.15, 0.2) is 0 Å². The lowest BCUT2D eigenvalue weighted by Crippen LogP contribution is -2.30. The Labute approximate surface area is 96.1 Å². The number of hydrogen-bond acceptors (Lipinski definition) is 3. The van der Waals surface area contributed by atoms with Crippen LogP contribution in [0, 0.1) is 5.41 Å². The van der Waals surface area contributed by atoms with E-state index < -0.39 is 0 Å². The summed E-state index contributed by atoms with van der Waals surface area (Å²) in [4.78, 5) is 0. The van der Waals surface area contributed by atoms with Crippen molar-refractivity contribution < 1.29 is 4.74 Å². The molecule has 1 fully saturated rings. The predicted octanol–water partition coefficient (Wildman–Crippen LogP) is 3.98. The molecule has 0 aromatic heterocycles. The molecule has 0 radical (unpaired) electrons. The van der Waals surface area contributed by atoms with Crippen molar-refractivity contribution in [2.75, 3.05) is 19.0 Å². The highest BCUT2D eigenvalue weighted by Gasteiger charge is 2.39. The summed E-state index contributed by atoms with van der Waals surface area (Å²) in [7, 11) is 4.03. The van der Waals surface area contributed by atoms with Gasteiger partial charge in [-0.2, -0.15) is 0 Å². The minimum Gasteiger partial charge on any atom is -0.380 e. The van der Waals surface area contributed by atoms with Crippen LogP contribution in [0.5, 0.6) is 0 Å². The number of ether oxygens (including phenoxy) is 1. The third kappa shape index (κ3) is 4.03. The molecule has 1 aliphatic rings. The second kappa shape index (κ2) is 5.13. The van der Waals surface area contributed by atoms with Gasteiger partial charge < -0.3 is 4.74 Å². The van der Waals surface area contributed by atoms with Crippen LogP contribution in [0.1, 0.15) is 40.5 Å². The fourth-order valence-corrected chi connectivity index (χ4v) is 4.81.